The number of ether oxygens (including phenoxy) is 1. The van der Waals surface area contributed by atoms with Crippen LogP contribution >= 0.6 is 31.9 Å². The van der Waals surface area contributed by atoms with E-state index in [-0.39, 0.29) is 12.4 Å². The molecule has 1 aliphatic heterocycles. The number of carbonyl (C=O) groups excluding carboxylic acids is 1. The van der Waals surface area contributed by atoms with Crippen LogP contribution < -0.4 is 10.1 Å². The average Bonchev–Trinajstić information content (AvgIpc) is 2.89. The average molecular weight is 469 g/mol. The van der Waals surface area contributed by atoms with Crippen molar-refractivity contribution in [2.75, 3.05) is 19.0 Å². The second kappa shape index (κ2) is 7.48. The van der Waals surface area contributed by atoms with Gasteiger partial charge in [0.2, 0.25) is 0 Å². The molecule has 0 fully saturated rings. The number of hydrogen-bond acceptors (Lipinski definition) is 4. The molecule has 3 rings (SSSR count). The van der Waals surface area contributed by atoms with E-state index in [1.165, 1.54) is 0 Å². The first kappa shape index (κ1) is 18.4. The summed E-state index contributed by atoms with van der Waals surface area (Å²) in [6.07, 6.45) is 2.01. The van der Waals surface area contributed by atoms with Crippen molar-refractivity contribution in [1.29, 1.82) is 0 Å². The molecule has 0 aliphatic carbocycles. The molecular weight excluding hydrogens is 450 g/mol. The van der Waals surface area contributed by atoms with E-state index in [4.69, 9.17) is 9.84 Å². The fraction of sp³-hybridized carbons (Fsp3) is 0.316. The van der Waals surface area contributed by atoms with Gasteiger partial charge in [0.25, 0.3) is 0 Å². The number of rotatable bonds is 6. The van der Waals surface area contributed by atoms with Gasteiger partial charge in [0.1, 0.15) is 11.3 Å². The summed E-state index contributed by atoms with van der Waals surface area (Å²) >= 11 is 7.01. The van der Waals surface area contributed by atoms with E-state index in [0.29, 0.717) is 18.4 Å². The molecule has 0 saturated heterocycles. The summed E-state index contributed by atoms with van der Waals surface area (Å²) < 4.78 is 6.94. The topological polar surface area (TPSA) is 58.6 Å². The summed E-state index contributed by atoms with van der Waals surface area (Å²) in [5.41, 5.74) is 1.55. The van der Waals surface area contributed by atoms with E-state index in [1.807, 2.05) is 36.4 Å². The minimum atomic E-state index is -0.826. The maximum atomic E-state index is 13.4. The van der Waals surface area contributed by atoms with Crippen molar-refractivity contribution in [3.8, 4) is 5.75 Å². The van der Waals surface area contributed by atoms with E-state index in [0.717, 1.165) is 32.4 Å². The van der Waals surface area contributed by atoms with Crippen LogP contribution in [-0.4, -0.2) is 24.6 Å². The van der Waals surface area contributed by atoms with Gasteiger partial charge in [-0.25, -0.2) is 0 Å². The standard InChI is InChI=1S/C19H19Br2NO3/c1-25-14-6-4-12(5-7-14)19(8-2-3-9-23)18(24)15-10-13(20)11-16(21)17(15)22-19/h4-7,10-11,22-23H,2-3,8-9H2,1H3. The molecule has 2 N–H and O–H groups in total. The van der Waals surface area contributed by atoms with Gasteiger partial charge in [-0.05, 0) is 65.0 Å². The molecule has 0 spiro atoms. The smallest absolute Gasteiger partial charge is 0.194 e. The summed E-state index contributed by atoms with van der Waals surface area (Å²) in [7, 11) is 1.62. The van der Waals surface area contributed by atoms with Crippen LogP contribution in [0.4, 0.5) is 5.69 Å². The van der Waals surface area contributed by atoms with Gasteiger partial charge in [-0.3, -0.25) is 4.79 Å². The van der Waals surface area contributed by atoms with Crippen LogP contribution in [0.25, 0.3) is 0 Å². The zero-order valence-corrected chi connectivity index (χ0v) is 17.0. The lowest BCUT2D eigenvalue weighted by atomic mass is 9.81. The first-order valence-electron chi connectivity index (χ1n) is 8.09. The van der Waals surface area contributed by atoms with Gasteiger partial charge in [-0.2, -0.15) is 0 Å². The summed E-state index contributed by atoms with van der Waals surface area (Å²) in [6.45, 7) is 0.120. The largest absolute Gasteiger partial charge is 0.497 e. The highest BCUT2D eigenvalue weighted by Gasteiger charge is 2.47. The van der Waals surface area contributed by atoms with Crippen LogP contribution in [0, 0.1) is 0 Å². The summed E-state index contributed by atoms with van der Waals surface area (Å²) in [6, 6.07) is 11.4. The molecule has 6 heteroatoms. The molecule has 1 atom stereocenters. The number of carbonyl (C=O) groups is 1. The Morgan fingerprint density at radius 1 is 1.16 bits per heavy atom. The Labute approximate surface area is 163 Å². The number of nitrogens with one attached hydrogen (secondary N) is 1. The molecule has 0 amide bonds. The maximum absolute atomic E-state index is 13.4. The first-order valence-corrected chi connectivity index (χ1v) is 9.68. The molecular formula is C19H19Br2NO3. The Balaban J connectivity index is 2.06. The lowest BCUT2D eigenvalue weighted by molar-refractivity contribution is 0.0906. The molecule has 25 heavy (non-hydrogen) atoms. The van der Waals surface area contributed by atoms with Crippen LogP contribution in [-0.2, 0) is 5.54 Å². The van der Waals surface area contributed by atoms with E-state index >= 15 is 0 Å². The molecule has 0 aromatic heterocycles. The molecule has 4 nitrogen and oxygen atoms in total. The number of aliphatic hydroxyl groups excluding tert-OH is 1. The zero-order valence-electron chi connectivity index (χ0n) is 13.8. The number of ketones is 1. The fourth-order valence-electron chi connectivity index (χ4n) is 3.28. The second-order valence-corrected chi connectivity index (χ2v) is 7.85. The minimum Gasteiger partial charge on any atom is -0.497 e. The van der Waals surface area contributed by atoms with Crippen LogP contribution in [0.15, 0.2) is 45.3 Å². The maximum Gasteiger partial charge on any atom is 0.194 e. The summed E-state index contributed by atoms with van der Waals surface area (Å²) in [5.74, 6) is 0.800. The normalized spacial score (nSPS) is 18.8. The van der Waals surface area contributed by atoms with Gasteiger partial charge >= 0.3 is 0 Å². The quantitative estimate of drug-likeness (QED) is 0.592. The Morgan fingerprint density at radius 2 is 1.88 bits per heavy atom. The molecule has 132 valence electrons. The predicted octanol–water partition coefficient (Wildman–Crippen LogP) is 4.89. The van der Waals surface area contributed by atoms with Crippen molar-refractivity contribution in [1.82, 2.24) is 0 Å². The van der Waals surface area contributed by atoms with Crippen molar-refractivity contribution in [3.63, 3.8) is 0 Å². The molecule has 1 aliphatic rings. The zero-order chi connectivity index (χ0) is 18.0. The number of hydrogen-bond donors (Lipinski definition) is 2. The third-order valence-corrected chi connectivity index (χ3v) is 5.65. The molecule has 2 aromatic carbocycles. The van der Waals surface area contributed by atoms with Crippen molar-refractivity contribution < 1.29 is 14.6 Å². The number of unbranched alkanes of at least 4 members (excludes halogenated alkanes) is 1. The highest BCUT2D eigenvalue weighted by molar-refractivity contribution is 9.11. The number of halogens is 2. The molecule has 0 radical (unpaired) electrons. The SMILES string of the molecule is COc1ccc(C2(CCCCO)Nc3c(Br)cc(Br)cc3C2=O)cc1. The number of aliphatic hydroxyl groups is 1. The van der Waals surface area contributed by atoms with Gasteiger partial charge < -0.3 is 15.2 Å². The van der Waals surface area contributed by atoms with Crippen molar-refractivity contribution in [2.45, 2.75) is 24.8 Å². The molecule has 1 heterocycles. The molecule has 1 unspecified atom stereocenters. The van der Waals surface area contributed by atoms with E-state index in [1.54, 1.807) is 7.11 Å². The molecule has 0 saturated carbocycles. The summed E-state index contributed by atoms with van der Waals surface area (Å²) in [5, 5.41) is 12.6. The minimum absolute atomic E-state index is 0.0487. The Morgan fingerprint density at radius 3 is 2.52 bits per heavy atom. The van der Waals surface area contributed by atoms with Gasteiger partial charge in [0, 0.05) is 21.1 Å². The Kier molecular flexibility index (Phi) is 5.51. The number of fused-ring (bicyclic) bond motifs is 1. The van der Waals surface area contributed by atoms with Crippen molar-refractivity contribution in [3.05, 3.63) is 56.5 Å². The number of benzene rings is 2. The monoisotopic (exact) mass is 467 g/mol. The Bertz CT molecular complexity index is 792. The van der Waals surface area contributed by atoms with Crippen molar-refractivity contribution >= 4 is 43.3 Å². The van der Waals surface area contributed by atoms with Crippen LogP contribution in [0.1, 0.15) is 35.2 Å². The third-order valence-electron chi connectivity index (χ3n) is 4.57. The fourth-order valence-corrected chi connectivity index (χ4v) is 4.61. The van der Waals surface area contributed by atoms with Gasteiger partial charge in [0.15, 0.2) is 5.78 Å². The van der Waals surface area contributed by atoms with Gasteiger partial charge in [0.05, 0.1) is 12.8 Å². The van der Waals surface area contributed by atoms with Crippen LogP contribution in [0.5, 0.6) is 5.75 Å². The first-order chi connectivity index (χ1) is 12.0. The van der Waals surface area contributed by atoms with Crippen LogP contribution in [0.3, 0.4) is 0 Å². The van der Waals surface area contributed by atoms with E-state index in [2.05, 4.69) is 37.2 Å². The van der Waals surface area contributed by atoms with Crippen LogP contribution in [0.2, 0.25) is 0 Å². The second-order valence-electron chi connectivity index (χ2n) is 6.08. The highest BCUT2D eigenvalue weighted by Crippen LogP contribution is 2.46. The number of methoxy groups -OCH3 is 1. The molecule has 0 bridgehead atoms. The number of anilines is 1. The van der Waals surface area contributed by atoms with Crippen molar-refractivity contribution in [2.24, 2.45) is 0 Å². The number of Topliss-reactive ketones (excluding diaryl/α,β-unsaturated/α-hetero) is 1. The highest BCUT2D eigenvalue weighted by atomic mass is 79.9. The molecule has 2 aromatic rings. The predicted molar refractivity (Wildman–Crippen MR) is 105 cm³/mol. The lowest BCUT2D eigenvalue weighted by Gasteiger charge is -2.29. The Hall–Kier alpha value is -1.37. The van der Waals surface area contributed by atoms with E-state index in [9.17, 15) is 4.79 Å². The lowest BCUT2D eigenvalue weighted by Crippen LogP contribution is -2.38. The third kappa shape index (κ3) is 3.35. The van der Waals surface area contributed by atoms with E-state index < -0.39 is 5.54 Å². The van der Waals surface area contributed by atoms with Gasteiger partial charge in [-0.1, -0.05) is 28.1 Å². The summed E-state index contributed by atoms with van der Waals surface area (Å²) in [4.78, 5) is 13.4. The van der Waals surface area contributed by atoms with Gasteiger partial charge in [-0.15, -0.1) is 0 Å².